The van der Waals surface area contributed by atoms with E-state index in [0.29, 0.717) is 19.6 Å². The smallest absolute Gasteiger partial charge is 0.165 e. The van der Waals surface area contributed by atoms with Gasteiger partial charge in [0.2, 0.25) is 0 Å². The van der Waals surface area contributed by atoms with Crippen molar-refractivity contribution in [3.63, 3.8) is 0 Å². The standard InChI is InChI=1S/C10H20O4/c1-9(12,8-11)4-3-5-10(2)13-6-7-14-10/h11-12H,3-8H2,1-2H3/t9-/m1/s1. The molecule has 0 amide bonds. The molecule has 1 saturated heterocycles. The number of rotatable bonds is 5. The molecule has 14 heavy (non-hydrogen) atoms. The summed E-state index contributed by atoms with van der Waals surface area (Å²) in [5, 5.41) is 18.4. The van der Waals surface area contributed by atoms with Gasteiger partial charge in [-0.05, 0) is 26.7 Å². The Balaban J connectivity index is 2.20. The largest absolute Gasteiger partial charge is 0.393 e. The van der Waals surface area contributed by atoms with Crippen LogP contribution in [0.5, 0.6) is 0 Å². The van der Waals surface area contributed by atoms with Crippen molar-refractivity contribution >= 4 is 0 Å². The molecule has 2 N–H and O–H groups in total. The number of hydrogen-bond donors (Lipinski definition) is 2. The predicted molar refractivity (Wildman–Crippen MR) is 51.9 cm³/mol. The topological polar surface area (TPSA) is 58.9 Å². The maximum Gasteiger partial charge on any atom is 0.165 e. The predicted octanol–water partition coefficient (Wildman–Crippen LogP) is 0.663. The molecule has 4 heteroatoms. The molecule has 1 fully saturated rings. The molecule has 0 aromatic heterocycles. The third kappa shape index (κ3) is 3.53. The number of aliphatic hydroxyl groups is 2. The van der Waals surface area contributed by atoms with E-state index in [0.717, 1.165) is 12.8 Å². The van der Waals surface area contributed by atoms with Crippen LogP contribution in [0, 0.1) is 0 Å². The molecule has 0 saturated carbocycles. The van der Waals surface area contributed by atoms with Crippen LogP contribution in [0.25, 0.3) is 0 Å². The van der Waals surface area contributed by atoms with Crippen LogP contribution in [0.4, 0.5) is 0 Å². The van der Waals surface area contributed by atoms with Crippen molar-refractivity contribution in [1.82, 2.24) is 0 Å². The van der Waals surface area contributed by atoms with Crippen molar-refractivity contribution in [1.29, 1.82) is 0 Å². The van der Waals surface area contributed by atoms with E-state index in [2.05, 4.69) is 0 Å². The summed E-state index contributed by atoms with van der Waals surface area (Å²) >= 11 is 0. The lowest BCUT2D eigenvalue weighted by molar-refractivity contribution is -0.149. The van der Waals surface area contributed by atoms with Crippen molar-refractivity contribution in [3.05, 3.63) is 0 Å². The van der Waals surface area contributed by atoms with Gasteiger partial charge in [-0.2, -0.15) is 0 Å². The molecule has 84 valence electrons. The Morgan fingerprint density at radius 2 is 1.93 bits per heavy atom. The molecule has 0 bridgehead atoms. The lowest BCUT2D eigenvalue weighted by atomic mass is 9.98. The summed E-state index contributed by atoms with van der Waals surface area (Å²) in [6.07, 6.45) is 2.10. The van der Waals surface area contributed by atoms with Crippen LogP contribution in [0.2, 0.25) is 0 Å². The van der Waals surface area contributed by atoms with Crippen molar-refractivity contribution < 1.29 is 19.7 Å². The fourth-order valence-electron chi connectivity index (χ4n) is 1.57. The molecular formula is C10H20O4. The minimum Gasteiger partial charge on any atom is -0.393 e. The Labute approximate surface area is 84.8 Å². The van der Waals surface area contributed by atoms with Gasteiger partial charge < -0.3 is 19.7 Å². The van der Waals surface area contributed by atoms with Gasteiger partial charge in [0.15, 0.2) is 5.79 Å². The van der Waals surface area contributed by atoms with E-state index in [1.807, 2.05) is 6.92 Å². The molecule has 0 aliphatic carbocycles. The number of ether oxygens (including phenoxy) is 2. The number of aliphatic hydroxyl groups excluding tert-OH is 1. The summed E-state index contributed by atoms with van der Waals surface area (Å²) in [6, 6.07) is 0. The van der Waals surface area contributed by atoms with Gasteiger partial charge in [-0.3, -0.25) is 0 Å². The highest BCUT2D eigenvalue weighted by Crippen LogP contribution is 2.26. The second-order valence-electron chi connectivity index (χ2n) is 4.34. The zero-order chi connectivity index (χ0) is 10.7. The molecule has 1 aliphatic heterocycles. The van der Waals surface area contributed by atoms with E-state index < -0.39 is 11.4 Å². The maximum absolute atomic E-state index is 9.55. The first-order valence-corrected chi connectivity index (χ1v) is 5.09. The van der Waals surface area contributed by atoms with Gasteiger partial charge in [-0.1, -0.05) is 0 Å². The van der Waals surface area contributed by atoms with Gasteiger partial charge in [-0.15, -0.1) is 0 Å². The van der Waals surface area contributed by atoms with Crippen molar-refractivity contribution in [3.8, 4) is 0 Å². The first-order valence-electron chi connectivity index (χ1n) is 5.09. The summed E-state index contributed by atoms with van der Waals surface area (Å²) in [5.41, 5.74) is -0.977. The highest BCUT2D eigenvalue weighted by atomic mass is 16.7. The molecule has 0 unspecified atom stereocenters. The Hall–Kier alpha value is -0.160. The number of hydrogen-bond acceptors (Lipinski definition) is 4. The zero-order valence-corrected chi connectivity index (χ0v) is 8.95. The van der Waals surface area contributed by atoms with Crippen LogP contribution >= 0.6 is 0 Å². The summed E-state index contributed by atoms with van der Waals surface area (Å²) in [6.45, 7) is 4.63. The van der Waals surface area contributed by atoms with Gasteiger partial charge in [0.05, 0.1) is 25.4 Å². The van der Waals surface area contributed by atoms with E-state index in [1.165, 1.54) is 0 Å². The molecule has 1 atom stereocenters. The Morgan fingerprint density at radius 3 is 2.43 bits per heavy atom. The van der Waals surface area contributed by atoms with Crippen LogP contribution in [0.1, 0.15) is 33.1 Å². The lowest BCUT2D eigenvalue weighted by Gasteiger charge is -2.25. The fourth-order valence-corrected chi connectivity index (χ4v) is 1.57. The maximum atomic E-state index is 9.55. The van der Waals surface area contributed by atoms with Crippen LogP contribution < -0.4 is 0 Å². The van der Waals surface area contributed by atoms with Gasteiger partial charge in [0.25, 0.3) is 0 Å². The molecular weight excluding hydrogens is 184 g/mol. The summed E-state index contributed by atoms with van der Waals surface area (Å²) in [4.78, 5) is 0. The van der Waals surface area contributed by atoms with E-state index in [1.54, 1.807) is 6.92 Å². The molecule has 1 rings (SSSR count). The zero-order valence-electron chi connectivity index (χ0n) is 8.95. The van der Waals surface area contributed by atoms with E-state index in [9.17, 15) is 5.11 Å². The average Bonchev–Trinajstić information content (AvgIpc) is 2.52. The normalized spacial score (nSPS) is 24.9. The minimum atomic E-state index is -0.977. The summed E-state index contributed by atoms with van der Waals surface area (Å²) in [7, 11) is 0. The third-order valence-corrected chi connectivity index (χ3v) is 2.58. The molecule has 1 heterocycles. The minimum absolute atomic E-state index is 0.203. The van der Waals surface area contributed by atoms with Gasteiger partial charge >= 0.3 is 0 Å². The first-order chi connectivity index (χ1) is 6.47. The Kier molecular flexibility index (Phi) is 3.89. The van der Waals surface area contributed by atoms with Crippen molar-refractivity contribution in [2.24, 2.45) is 0 Å². The van der Waals surface area contributed by atoms with Gasteiger partial charge in [0, 0.05) is 6.42 Å². The Morgan fingerprint density at radius 1 is 1.36 bits per heavy atom. The monoisotopic (exact) mass is 204 g/mol. The van der Waals surface area contributed by atoms with E-state index in [-0.39, 0.29) is 6.61 Å². The quantitative estimate of drug-likeness (QED) is 0.691. The summed E-state index contributed by atoms with van der Waals surface area (Å²) in [5.74, 6) is -0.481. The summed E-state index contributed by atoms with van der Waals surface area (Å²) < 4.78 is 10.8. The average molecular weight is 204 g/mol. The fraction of sp³-hybridized carbons (Fsp3) is 1.00. The van der Waals surface area contributed by atoms with Crippen LogP contribution in [-0.2, 0) is 9.47 Å². The van der Waals surface area contributed by atoms with Crippen molar-refractivity contribution in [2.75, 3.05) is 19.8 Å². The SMILES string of the molecule is CC1(CCC[C@@](C)(O)CO)OCCO1. The molecule has 1 aliphatic rings. The second-order valence-corrected chi connectivity index (χ2v) is 4.34. The molecule has 0 radical (unpaired) electrons. The van der Waals surface area contributed by atoms with Gasteiger partial charge in [-0.25, -0.2) is 0 Å². The molecule has 0 aromatic rings. The van der Waals surface area contributed by atoms with Crippen LogP contribution in [-0.4, -0.2) is 41.4 Å². The Bertz CT molecular complexity index is 173. The lowest BCUT2D eigenvalue weighted by Crippen LogP contribution is -2.31. The van der Waals surface area contributed by atoms with Crippen LogP contribution in [0.3, 0.4) is 0 Å². The first kappa shape index (κ1) is 11.9. The van der Waals surface area contributed by atoms with E-state index >= 15 is 0 Å². The van der Waals surface area contributed by atoms with E-state index in [4.69, 9.17) is 14.6 Å². The molecule has 4 nitrogen and oxygen atoms in total. The molecule has 0 spiro atoms. The van der Waals surface area contributed by atoms with Crippen LogP contribution in [0.15, 0.2) is 0 Å². The second kappa shape index (κ2) is 4.57. The third-order valence-electron chi connectivity index (χ3n) is 2.58. The highest BCUT2D eigenvalue weighted by Gasteiger charge is 2.31. The molecule has 0 aromatic carbocycles. The van der Waals surface area contributed by atoms with Crippen molar-refractivity contribution in [2.45, 2.75) is 44.5 Å². The van der Waals surface area contributed by atoms with Gasteiger partial charge in [0.1, 0.15) is 0 Å². The highest BCUT2D eigenvalue weighted by molar-refractivity contribution is 4.74.